The molecular formula is C21H22ClN3O. The second-order valence-electron chi connectivity index (χ2n) is 7.02. The number of likely N-dealkylation sites (tertiary alicyclic amines) is 1. The molecule has 1 atom stereocenters. The third-order valence-electron chi connectivity index (χ3n) is 5.23. The number of aromatic nitrogens is 2. The van der Waals surface area contributed by atoms with E-state index in [1.165, 1.54) is 0 Å². The topological polar surface area (TPSA) is 38.1 Å². The van der Waals surface area contributed by atoms with Crippen molar-refractivity contribution in [3.8, 4) is 0 Å². The van der Waals surface area contributed by atoms with E-state index in [1.807, 2.05) is 30.3 Å². The molecule has 1 fully saturated rings. The molecule has 0 spiro atoms. The molecule has 0 bridgehead atoms. The normalized spacial score (nSPS) is 18.3. The monoisotopic (exact) mass is 367 g/mol. The summed E-state index contributed by atoms with van der Waals surface area (Å²) in [4.78, 5) is 20.0. The van der Waals surface area contributed by atoms with Gasteiger partial charge >= 0.3 is 0 Å². The van der Waals surface area contributed by atoms with E-state index in [2.05, 4.69) is 22.6 Å². The van der Waals surface area contributed by atoms with Crippen molar-refractivity contribution in [2.24, 2.45) is 13.0 Å². The maximum Gasteiger partial charge on any atom is 0.167 e. The molecule has 1 aliphatic heterocycles. The number of Topliss-reactive ketones (excluding diaryl/α,β-unsaturated/α-hetero) is 1. The highest BCUT2D eigenvalue weighted by atomic mass is 35.5. The summed E-state index contributed by atoms with van der Waals surface area (Å²) in [7, 11) is 2.06. The lowest BCUT2D eigenvalue weighted by Crippen LogP contribution is -2.38. The van der Waals surface area contributed by atoms with Gasteiger partial charge in [0.1, 0.15) is 5.82 Å². The summed E-state index contributed by atoms with van der Waals surface area (Å²) in [6.07, 6.45) is 1.96. The number of rotatable bonds is 4. The molecule has 1 aliphatic rings. The molecule has 0 radical (unpaired) electrons. The minimum Gasteiger partial charge on any atom is -0.330 e. The van der Waals surface area contributed by atoms with E-state index in [0.29, 0.717) is 10.6 Å². The molecule has 3 aromatic rings. The summed E-state index contributed by atoms with van der Waals surface area (Å²) in [6.45, 7) is 2.54. The summed E-state index contributed by atoms with van der Waals surface area (Å²) in [5.74, 6) is 1.26. The number of carbonyl (C=O) groups is 1. The second-order valence-corrected chi connectivity index (χ2v) is 7.46. The lowest BCUT2D eigenvalue weighted by molar-refractivity contribution is 0.0807. The van der Waals surface area contributed by atoms with Crippen molar-refractivity contribution < 1.29 is 4.79 Å². The molecule has 4 nitrogen and oxygen atoms in total. The minimum atomic E-state index is 0.0249. The molecule has 5 heteroatoms. The van der Waals surface area contributed by atoms with Crippen LogP contribution < -0.4 is 0 Å². The predicted octanol–water partition coefficient (Wildman–Crippen LogP) is 4.32. The van der Waals surface area contributed by atoms with Crippen LogP contribution in [0.4, 0.5) is 0 Å². The maximum absolute atomic E-state index is 12.9. The smallest absolute Gasteiger partial charge is 0.167 e. The van der Waals surface area contributed by atoms with Gasteiger partial charge < -0.3 is 4.57 Å². The highest BCUT2D eigenvalue weighted by Crippen LogP contribution is 2.24. The molecule has 0 N–H and O–H groups in total. The molecule has 0 saturated carbocycles. The Balaban J connectivity index is 1.49. The van der Waals surface area contributed by atoms with Gasteiger partial charge in [0.25, 0.3) is 0 Å². The number of para-hydroxylation sites is 2. The van der Waals surface area contributed by atoms with Gasteiger partial charge in [-0.1, -0.05) is 35.9 Å². The van der Waals surface area contributed by atoms with E-state index in [4.69, 9.17) is 16.6 Å². The third-order valence-corrected chi connectivity index (χ3v) is 5.47. The molecule has 0 aliphatic carbocycles. The zero-order valence-electron chi connectivity index (χ0n) is 14.9. The summed E-state index contributed by atoms with van der Waals surface area (Å²) in [5.41, 5.74) is 2.88. The van der Waals surface area contributed by atoms with Gasteiger partial charge in [-0.2, -0.15) is 0 Å². The molecule has 26 heavy (non-hydrogen) atoms. The van der Waals surface area contributed by atoms with Gasteiger partial charge in [0.2, 0.25) is 0 Å². The Kier molecular flexibility index (Phi) is 4.79. The van der Waals surface area contributed by atoms with Crippen molar-refractivity contribution >= 4 is 28.4 Å². The van der Waals surface area contributed by atoms with Crippen LogP contribution in [0.15, 0.2) is 48.5 Å². The number of ketones is 1. The Hall–Kier alpha value is -2.17. The fraction of sp³-hybridized carbons (Fsp3) is 0.333. The van der Waals surface area contributed by atoms with Crippen LogP contribution in [-0.2, 0) is 13.6 Å². The maximum atomic E-state index is 12.9. The van der Waals surface area contributed by atoms with Crippen LogP contribution >= 0.6 is 11.6 Å². The van der Waals surface area contributed by atoms with E-state index < -0.39 is 0 Å². The second kappa shape index (κ2) is 7.22. The van der Waals surface area contributed by atoms with E-state index in [0.717, 1.165) is 49.3 Å². The van der Waals surface area contributed by atoms with Crippen molar-refractivity contribution in [3.05, 3.63) is 64.9 Å². The van der Waals surface area contributed by atoms with Gasteiger partial charge in [0.15, 0.2) is 5.78 Å². The van der Waals surface area contributed by atoms with Crippen molar-refractivity contribution in [1.82, 2.24) is 14.5 Å². The van der Waals surface area contributed by atoms with Crippen LogP contribution in [0.1, 0.15) is 29.0 Å². The fourth-order valence-electron chi connectivity index (χ4n) is 3.83. The number of fused-ring (bicyclic) bond motifs is 1. The quantitative estimate of drug-likeness (QED) is 0.644. The molecule has 4 rings (SSSR count). The first-order valence-electron chi connectivity index (χ1n) is 9.04. The fourth-order valence-corrected chi connectivity index (χ4v) is 4.02. The van der Waals surface area contributed by atoms with E-state index in [-0.39, 0.29) is 11.7 Å². The Morgan fingerprint density at radius 3 is 2.88 bits per heavy atom. The average Bonchev–Trinajstić information content (AvgIpc) is 2.97. The van der Waals surface area contributed by atoms with Crippen LogP contribution in [0.2, 0.25) is 5.02 Å². The number of aryl methyl sites for hydroxylation is 1. The van der Waals surface area contributed by atoms with Crippen LogP contribution in [0, 0.1) is 5.92 Å². The van der Waals surface area contributed by atoms with Gasteiger partial charge in [0, 0.05) is 30.1 Å². The van der Waals surface area contributed by atoms with E-state index >= 15 is 0 Å². The number of halogens is 1. The summed E-state index contributed by atoms with van der Waals surface area (Å²) >= 11 is 6.05. The molecule has 2 heterocycles. The molecular weight excluding hydrogens is 346 g/mol. The molecule has 1 unspecified atom stereocenters. The zero-order chi connectivity index (χ0) is 18.1. The third kappa shape index (κ3) is 3.39. The largest absolute Gasteiger partial charge is 0.330 e. The summed E-state index contributed by atoms with van der Waals surface area (Å²) in [5, 5.41) is 0.614. The SMILES string of the molecule is Cn1c(CN2CCCC(C(=O)c3cccc(Cl)c3)C2)nc2ccccc21. The van der Waals surface area contributed by atoms with Crippen molar-refractivity contribution in [2.45, 2.75) is 19.4 Å². The standard InChI is InChI=1S/C21H22ClN3O/c1-24-19-10-3-2-9-18(19)23-20(24)14-25-11-5-7-16(13-25)21(26)15-6-4-8-17(22)12-15/h2-4,6,8-10,12,16H,5,7,11,13-14H2,1H3. The first kappa shape index (κ1) is 17.3. The summed E-state index contributed by atoms with van der Waals surface area (Å²) < 4.78 is 2.15. The van der Waals surface area contributed by atoms with E-state index in [9.17, 15) is 4.79 Å². The number of carbonyl (C=O) groups excluding carboxylic acids is 1. The lowest BCUT2D eigenvalue weighted by Gasteiger charge is -2.31. The molecule has 1 saturated heterocycles. The van der Waals surface area contributed by atoms with Gasteiger partial charge in [-0.05, 0) is 43.7 Å². The number of hydrogen-bond acceptors (Lipinski definition) is 3. The number of benzene rings is 2. The minimum absolute atomic E-state index is 0.0249. The summed E-state index contributed by atoms with van der Waals surface area (Å²) in [6, 6.07) is 15.5. The highest BCUT2D eigenvalue weighted by Gasteiger charge is 2.27. The Morgan fingerprint density at radius 1 is 1.23 bits per heavy atom. The number of piperidine rings is 1. The Morgan fingerprint density at radius 2 is 2.08 bits per heavy atom. The van der Waals surface area contributed by atoms with Crippen molar-refractivity contribution in [3.63, 3.8) is 0 Å². The molecule has 1 aromatic heterocycles. The molecule has 134 valence electrons. The van der Waals surface area contributed by atoms with Crippen LogP contribution in [-0.4, -0.2) is 33.3 Å². The Bertz CT molecular complexity index is 949. The van der Waals surface area contributed by atoms with Gasteiger partial charge in [0.05, 0.1) is 17.6 Å². The van der Waals surface area contributed by atoms with Gasteiger partial charge in [-0.3, -0.25) is 9.69 Å². The van der Waals surface area contributed by atoms with Crippen molar-refractivity contribution in [1.29, 1.82) is 0 Å². The van der Waals surface area contributed by atoms with Gasteiger partial charge in [-0.15, -0.1) is 0 Å². The van der Waals surface area contributed by atoms with Gasteiger partial charge in [-0.25, -0.2) is 4.98 Å². The number of nitrogens with zero attached hydrogens (tertiary/aromatic N) is 3. The number of imidazole rings is 1. The zero-order valence-corrected chi connectivity index (χ0v) is 15.6. The predicted molar refractivity (Wildman–Crippen MR) is 104 cm³/mol. The van der Waals surface area contributed by atoms with Crippen LogP contribution in [0.3, 0.4) is 0 Å². The van der Waals surface area contributed by atoms with E-state index in [1.54, 1.807) is 12.1 Å². The van der Waals surface area contributed by atoms with Crippen LogP contribution in [0.25, 0.3) is 11.0 Å². The van der Waals surface area contributed by atoms with Crippen molar-refractivity contribution in [2.75, 3.05) is 13.1 Å². The number of hydrogen-bond donors (Lipinski definition) is 0. The van der Waals surface area contributed by atoms with Crippen LogP contribution in [0.5, 0.6) is 0 Å². The first-order chi connectivity index (χ1) is 12.6. The first-order valence-corrected chi connectivity index (χ1v) is 9.42. The average molecular weight is 368 g/mol. The Labute approximate surface area is 158 Å². The highest BCUT2D eigenvalue weighted by molar-refractivity contribution is 6.31. The lowest BCUT2D eigenvalue weighted by atomic mass is 9.90. The molecule has 0 amide bonds. The molecule has 2 aromatic carbocycles.